The average Bonchev–Trinajstić information content (AvgIpc) is 2.73. The molecule has 0 saturated carbocycles. The molecule has 3 rings (SSSR count). The van der Waals surface area contributed by atoms with Gasteiger partial charge in [0.15, 0.2) is 5.82 Å². The molecule has 3 nitrogen and oxygen atoms in total. The Balaban J connectivity index is 2.16. The highest BCUT2D eigenvalue weighted by Crippen LogP contribution is 2.28. The Morgan fingerprint density at radius 3 is 2.61 bits per heavy atom. The summed E-state index contributed by atoms with van der Waals surface area (Å²) in [7, 11) is 0. The van der Waals surface area contributed by atoms with E-state index in [0.29, 0.717) is 27.1 Å². The Hall–Kier alpha value is -1.65. The number of imidazole rings is 1. The molecular weight excluding hydrogens is 276 g/mol. The van der Waals surface area contributed by atoms with E-state index in [1.807, 2.05) is 0 Å². The minimum atomic E-state index is -0.388. The first kappa shape index (κ1) is 11.4. The molecule has 0 radical (unpaired) electrons. The monoisotopic (exact) mass is 281 g/mol. The fourth-order valence-electron chi connectivity index (χ4n) is 1.64. The zero-order valence-corrected chi connectivity index (χ0v) is 10.4. The standard InChI is InChI=1S/C12H6Cl2FN3/c13-7-3-10-11(4-8(7)14)18-12(17-10)9-2-1-6(15)5-16-9/h1-5H,(H,17,18). The van der Waals surface area contributed by atoms with Crippen LogP contribution in [0.25, 0.3) is 22.6 Å². The molecule has 2 aromatic heterocycles. The lowest BCUT2D eigenvalue weighted by molar-refractivity contribution is 0.621. The molecule has 0 saturated heterocycles. The summed E-state index contributed by atoms with van der Waals surface area (Å²) in [6.07, 6.45) is 1.14. The minimum absolute atomic E-state index is 0.388. The van der Waals surface area contributed by atoms with Crippen molar-refractivity contribution >= 4 is 34.2 Å². The van der Waals surface area contributed by atoms with Crippen LogP contribution in [0.5, 0.6) is 0 Å². The molecule has 0 bridgehead atoms. The van der Waals surface area contributed by atoms with E-state index < -0.39 is 0 Å². The predicted molar refractivity (Wildman–Crippen MR) is 69.3 cm³/mol. The maximum absolute atomic E-state index is 12.8. The lowest BCUT2D eigenvalue weighted by Gasteiger charge is -1.94. The molecule has 1 N–H and O–H groups in total. The highest BCUT2D eigenvalue weighted by Gasteiger charge is 2.09. The van der Waals surface area contributed by atoms with Gasteiger partial charge in [0, 0.05) is 0 Å². The van der Waals surface area contributed by atoms with Crippen LogP contribution in [-0.2, 0) is 0 Å². The van der Waals surface area contributed by atoms with Gasteiger partial charge in [0.2, 0.25) is 0 Å². The van der Waals surface area contributed by atoms with Crippen molar-refractivity contribution in [3.8, 4) is 11.5 Å². The normalized spacial score (nSPS) is 11.1. The van der Waals surface area contributed by atoms with Gasteiger partial charge in [0.1, 0.15) is 11.5 Å². The number of fused-ring (bicyclic) bond motifs is 1. The van der Waals surface area contributed by atoms with Crippen LogP contribution in [0, 0.1) is 5.82 Å². The van der Waals surface area contributed by atoms with Crippen LogP contribution >= 0.6 is 23.2 Å². The van der Waals surface area contributed by atoms with Crippen LogP contribution < -0.4 is 0 Å². The van der Waals surface area contributed by atoms with Crippen LogP contribution in [0.3, 0.4) is 0 Å². The molecule has 0 spiro atoms. The van der Waals surface area contributed by atoms with Crippen molar-refractivity contribution in [1.82, 2.24) is 15.0 Å². The summed E-state index contributed by atoms with van der Waals surface area (Å²) in [6.45, 7) is 0. The van der Waals surface area contributed by atoms with Crippen molar-refractivity contribution in [2.24, 2.45) is 0 Å². The zero-order valence-electron chi connectivity index (χ0n) is 8.92. The Morgan fingerprint density at radius 2 is 1.89 bits per heavy atom. The van der Waals surface area contributed by atoms with Crippen molar-refractivity contribution < 1.29 is 4.39 Å². The van der Waals surface area contributed by atoms with Crippen LogP contribution in [-0.4, -0.2) is 15.0 Å². The van der Waals surface area contributed by atoms with Gasteiger partial charge in [-0.2, -0.15) is 0 Å². The van der Waals surface area contributed by atoms with Gasteiger partial charge in [-0.05, 0) is 24.3 Å². The maximum Gasteiger partial charge on any atom is 0.157 e. The molecule has 0 amide bonds. The molecule has 90 valence electrons. The smallest absolute Gasteiger partial charge is 0.157 e. The molecule has 0 fully saturated rings. The van der Waals surface area contributed by atoms with Gasteiger partial charge >= 0.3 is 0 Å². The van der Waals surface area contributed by atoms with E-state index in [1.54, 1.807) is 18.2 Å². The van der Waals surface area contributed by atoms with Crippen LogP contribution in [0.15, 0.2) is 30.5 Å². The highest BCUT2D eigenvalue weighted by atomic mass is 35.5. The number of hydrogen-bond donors (Lipinski definition) is 1. The SMILES string of the molecule is Fc1ccc(-c2nc3cc(Cl)c(Cl)cc3[nH]2)nc1. The molecule has 0 aliphatic rings. The molecule has 3 aromatic rings. The summed E-state index contributed by atoms with van der Waals surface area (Å²) in [5, 5.41) is 0.890. The molecule has 0 aliphatic carbocycles. The van der Waals surface area contributed by atoms with Crippen LogP contribution in [0.4, 0.5) is 4.39 Å². The average molecular weight is 282 g/mol. The van der Waals surface area contributed by atoms with E-state index >= 15 is 0 Å². The molecular formula is C12H6Cl2FN3. The number of halogens is 3. The van der Waals surface area contributed by atoms with Crippen molar-refractivity contribution in [1.29, 1.82) is 0 Å². The summed E-state index contributed by atoms with van der Waals surface area (Å²) in [5.74, 6) is 0.157. The quantitative estimate of drug-likeness (QED) is 0.731. The van der Waals surface area contributed by atoms with Gasteiger partial charge in [-0.3, -0.25) is 0 Å². The number of nitrogens with zero attached hydrogens (tertiary/aromatic N) is 2. The summed E-state index contributed by atoms with van der Waals surface area (Å²) < 4.78 is 12.8. The largest absolute Gasteiger partial charge is 0.337 e. The fraction of sp³-hybridized carbons (Fsp3) is 0. The number of nitrogens with one attached hydrogen (secondary N) is 1. The van der Waals surface area contributed by atoms with Crippen molar-refractivity contribution in [2.75, 3.05) is 0 Å². The molecule has 6 heteroatoms. The van der Waals surface area contributed by atoms with Gasteiger partial charge in [-0.15, -0.1) is 0 Å². The molecule has 1 aromatic carbocycles. The second kappa shape index (κ2) is 4.23. The van der Waals surface area contributed by atoms with E-state index in [2.05, 4.69) is 15.0 Å². The van der Waals surface area contributed by atoms with E-state index in [4.69, 9.17) is 23.2 Å². The summed E-state index contributed by atoms with van der Waals surface area (Å²) >= 11 is 11.8. The van der Waals surface area contributed by atoms with Gasteiger partial charge in [-0.25, -0.2) is 14.4 Å². The highest BCUT2D eigenvalue weighted by molar-refractivity contribution is 6.42. The van der Waals surface area contributed by atoms with Crippen LogP contribution in [0.1, 0.15) is 0 Å². The van der Waals surface area contributed by atoms with E-state index in [-0.39, 0.29) is 5.82 Å². The van der Waals surface area contributed by atoms with Gasteiger partial charge < -0.3 is 4.98 Å². The number of pyridine rings is 1. The first-order valence-corrected chi connectivity index (χ1v) is 5.86. The van der Waals surface area contributed by atoms with Gasteiger partial charge in [0.25, 0.3) is 0 Å². The Kier molecular flexibility index (Phi) is 2.69. The zero-order chi connectivity index (χ0) is 12.7. The third kappa shape index (κ3) is 1.94. The van der Waals surface area contributed by atoms with Crippen molar-refractivity contribution in [2.45, 2.75) is 0 Å². The van der Waals surface area contributed by atoms with E-state index in [0.717, 1.165) is 11.7 Å². The summed E-state index contributed by atoms with van der Waals surface area (Å²) in [6, 6.07) is 6.24. The van der Waals surface area contributed by atoms with Gasteiger partial charge in [-0.1, -0.05) is 23.2 Å². The van der Waals surface area contributed by atoms with Crippen LogP contribution in [0.2, 0.25) is 10.0 Å². The number of aromatic nitrogens is 3. The van der Waals surface area contributed by atoms with Crippen molar-refractivity contribution in [3.63, 3.8) is 0 Å². The number of rotatable bonds is 1. The second-order valence-electron chi connectivity index (χ2n) is 3.73. The third-order valence-electron chi connectivity index (χ3n) is 2.49. The number of H-pyrrole nitrogens is 1. The molecule has 2 heterocycles. The third-order valence-corrected chi connectivity index (χ3v) is 3.22. The lowest BCUT2D eigenvalue weighted by Crippen LogP contribution is -1.85. The van der Waals surface area contributed by atoms with E-state index in [1.165, 1.54) is 6.07 Å². The molecule has 0 aliphatic heterocycles. The van der Waals surface area contributed by atoms with E-state index in [9.17, 15) is 4.39 Å². The van der Waals surface area contributed by atoms with Crippen molar-refractivity contribution in [3.05, 3.63) is 46.3 Å². The molecule has 0 unspecified atom stereocenters. The molecule has 0 atom stereocenters. The lowest BCUT2D eigenvalue weighted by atomic mass is 10.3. The fourth-order valence-corrected chi connectivity index (χ4v) is 1.96. The Bertz CT molecular complexity index is 683. The summed E-state index contributed by atoms with van der Waals surface area (Å²) in [5.41, 5.74) is 2.00. The number of hydrogen-bond acceptors (Lipinski definition) is 2. The second-order valence-corrected chi connectivity index (χ2v) is 4.54. The topological polar surface area (TPSA) is 41.6 Å². The molecule has 18 heavy (non-hydrogen) atoms. The maximum atomic E-state index is 12.8. The first-order valence-electron chi connectivity index (χ1n) is 5.10. The first-order chi connectivity index (χ1) is 8.63. The Labute approximate surface area is 112 Å². The van der Waals surface area contributed by atoms with Gasteiger partial charge in [0.05, 0.1) is 27.3 Å². The predicted octanol–water partition coefficient (Wildman–Crippen LogP) is 4.07. The Morgan fingerprint density at radius 1 is 1.11 bits per heavy atom. The summed E-state index contributed by atoms with van der Waals surface area (Å²) in [4.78, 5) is 11.3. The number of benzene rings is 1. The number of aromatic amines is 1. The minimum Gasteiger partial charge on any atom is -0.337 e.